The monoisotopic (exact) mass is 198 g/mol. The Bertz CT molecular complexity index is 230. The Morgan fingerprint density at radius 1 is 1.71 bits per heavy atom. The number of rotatable bonds is 4. The van der Waals surface area contributed by atoms with Crippen LogP contribution < -0.4 is 5.32 Å². The van der Waals surface area contributed by atoms with Crippen LogP contribution in [0, 0.1) is 0 Å². The Morgan fingerprint density at radius 2 is 2.50 bits per heavy atom. The van der Waals surface area contributed by atoms with Crippen LogP contribution in [-0.4, -0.2) is 43.1 Å². The molecule has 1 atom stereocenters. The van der Waals surface area contributed by atoms with Crippen molar-refractivity contribution >= 4 is 12.5 Å². The molecule has 2 amide bonds. The summed E-state index contributed by atoms with van der Waals surface area (Å²) in [5.41, 5.74) is 0. The van der Waals surface area contributed by atoms with Crippen molar-refractivity contribution in [2.75, 3.05) is 19.7 Å². The van der Waals surface area contributed by atoms with Crippen molar-refractivity contribution in [3.05, 3.63) is 12.7 Å². The van der Waals surface area contributed by atoms with Crippen molar-refractivity contribution in [1.82, 2.24) is 10.2 Å². The predicted molar refractivity (Wildman–Crippen MR) is 50.7 cm³/mol. The fourth-order valence-corrected chi connectivity index (χ4v) is 1.38. The molecule has 14 heavy (non-hydrogen) atoms. The van der Waals surface area contributed by atoms with Crippen molar-refractivity contribution in [3.63, 3.8) is 0 Å². The number of amides is 2. The van der Waals surface area contributed by atoms with E-state index in [1.54, 1.807) is 4.90 Å². The van der Waals surface area contributed by atoms with Crippen molar-refractivity contribution in [2.24, 2.45) is 0 Å². The zero-order valence-corrected chi connectivity index (χ0v) is 7.94. The molecule has 1 aliphatic heterocycles. The van der Waals surface area contributed by atoms with Crippen molar-refractivity contribution < 1.29 is 14.3 Å². The Balaban J connectivity index is 2.29. The van der Waals surface area contributed by atoms with Crippen molar-refractivity contribution in [2.45, 2.75) is 12.5 Å². The topological polar surface area (TPSA) is 58.6 Å². The zero-order chi connectivity index (χ0) is 10.4. The summed E-state index contributed by atoms with van der Waals surface area (Å²) in [5.74, 6) is 0. The van der Waals surface area contributed by atoms with Crippen LogP contribution in [0.15, 0.2) is 12.7 Å². The minimum absolute atomic E-state index is 0.0591. The first-order valence-corrected chi connectivity index (χ1v) is 4.50. The minimum Gasteiger partial charge on any atom is -0.445 e. The van der Waals surface area contributed by atoms with Gasteiger partial charge in [0.15, 0.2) is 0 Å². The van der Waals surface area contributed by atoms with Crippen LogP contribution in [0.1, 0.15) is 6.42 Å². The third-order valence-electron chi connectivity index (χ3n) is 2.07. The van der Waals surface area contributed by atoms with Crippen LogP contribution in [-0.2, 0) is 9.53 Å². The van der Waals surface area contributed by atoms with Gasteiger partial charge in [-0.25, -0.2) is 4.79 Å². The van der Waals surface area contributed by atoms with E-state index in [2.05, 4.69) is 11.9 Å². The molecular weight excluding hydrogens is 184 g/mol. The van der Waals surface area contributed by atoms with E-state index in [-0.39, 0.29) is 18.7 Å². The molecule has 0 spiro atoms. The second-order valence-electron chi connectivity index (χ2n) is 3.08. The number of ether oxygens (including phenoxy) is 1. The molecular formula is C9H14N2O3. The van der Waals surface area contributed by atoms with Gasteiger partial charge in [-0.2, -0.15) is 0 Å². The Labute approximate surface area is 82.7 Å². The first kappa shape index (κ1) is 10.6. The lowest BCUT2D eigenvalue weighted by Gasteiger charge is -2.15. The van der Waals surface area contributed by atoms with Crippen LogP contribution in [0.3, 0.4) is 0 Å². The maximum Gasteiger partial charge on any atom is 0.410 e. The molecule has 1 N–H and O–H groups in total. The molecule has 78 valence electrons. The van der Waals surface area contributed by atoms with Crippen LogP contribution in [0.25, 0.3) is 0 Å². The molecule has 0 aromatic rings. The number of carbonyl (C=O) groups excluding carboxylic acids is 2. The summed E-state index contributed by atoms with van der Waals surface area (Å²) in [4.78, 5) is 23.0. The summed E-state index contributed by atoms with van der Waals surface area (Å²) in [6.45, 7) is 4.82. The van der Waals surface area contributed by atoms with E-state index in [0.717, 1.165) is 6.42 Å². The fraction of sp³-hybridized carbons (Fsp3) is 0.556. The molecule has 1 fully saturated rings. The third kappa shape index (κ3) is 2.76. The van der Waals surface area contributed by atoms with Gasteiger partial charge in [0, 0.05) is 19.1 Å². The Hall–Kier alpha value is -1.52. The normalized spacial score (nSPS) is 20.3. The van der Waals surface area contributed by atoms with Gasteiger partial charge in [-0.1, -0.05) is 12.7 Å². The summed E-state index contributed by atoms with van der Waals surface area (Å²) in [5, 5.41) is 2.64. The summed E-state index contributed by atoms with van der Waals surface area (Å²) in [7, 11) is 0. The molecule has 0 aromatic heterocycles. The summed E-state index contributed by atoms with van der Waals surface area (Å²) in [6, 6.07) is 0.0591. The summed E-state index contributed by atoms with van der Waals surface area (Å²) >= 11 is 0. The van der Waals surface area contributed by atoms with Crippen LogP contribution in [0.2, 0.25) is 0 Å². The standard InChI is InChI=1S/C9H14N2O3/c1-2-5-14-9(13)11-4-3-8(6-11)10-7-12/h2,7-8H,1,3-6H2,(H,10,12). The molecule has 1 unspecified atom stereocenters. The van der Waals surface area contributed by atoms with Gasteiger partial charge in [0.1, 0.15) is 6.61 Å². The van der Waals surface area contributed by atoms with Crippen LogP contribution >= 0.6 is 0 Å². The minimum atomic E-state index is -0.347. The lowest BCUT2D eigenvalue weighted by atomic mass is 10.3. The fourth-order valence-electron chi connectivity index (χ4n) is 1.38. The molecule has 0 radical (unpaired) electrons. The molecule has 5 nitrogen and oxygen atoms in total. The largest absolute Gasteiger partial charge is 0.445 e. The second-order valence-corrected chi connectivity index (χ2v) is 3.08. The lowest BCUT2D eigenvalue weighted by Crippen LogP contribution is -2.34. The maximum absolute atomic E-state index is 11.3. The molecule has 0 aliphatic carbocycles. The Kier molecular flexibility index (Phi) is 3.97. The molecule has 0 aromatic carbocycles. The van der Waals surface area contributed by atoms with Crippen LogP contribution in [0.5, 0.6) is 0 Å². The molecule has 5 heteroatoms. The smallest absolute Gasteiger partial charge is 0.410 e. The van der Waals surface area contributed by atoms with E-state index in [9.17, 15) is 9.59 Å². The highest BCUT2D eigenvalue weighted by Crippen LogP contribution is 2.09. The number of nitrogens with one attached hydrogen (secondary N) is 1. The maximum atomic E-state index is 11.3. The first-order chi connectivity index (χ1) is 6.77. The number of hydrogen-bond acceptors (Lipinski definition) is 3. The quantitative estimate of drug-likeness (QED) is 0.516. The van der Waals surface area contributed by atoms with Gasteiger partial charge in [0.05, 0.1) is 0 Å². The van der Waals surface area contributed by atoms with Crippen LogP contribution in [0.4, 0.5) is 4.79 Å². The van der Waals surface area contributed by atoms with Crippen molar-refractivity contribution in [1.29, 1.82) is 0 Å². The highest BCUT2D eigenvalue weighted by molar-refractivity contribution is 5.68. The SMILES string of the molecule is C=CCOC(=O)N1CCC(NC=O)C1. The van der Waals surface area contributed by atoms with E-state index in [1.165, 1.54) is 6.08 Å². The first-order valence-electron chi connectivity index (χ1n) is 4.50. The number of carbonyl (C=O) groups is 2. The number of hydrogen-bond donors (Lipinski definition) is 1. The predicted octanol–water partition coefficient (Wildman–Crippen LogP) is 0.129. The molecule has 1 rings (SSSR count). The van der Waals surface area contributed by atoms with Gasteiger partial charge >= 0.3 is 6.09 Å². The van der Waals surface area contributed by atoms with Gasteiger partial charge in [-0.3, -0.25) is 4.79 Å². The average molecular weight is 198 g/mol. The Morgan fingerprint density at radius 3 is 3.14 bits per heavy atom. The number of nitrogens with zero attached hydrogens (tertiary/aromatic N) is 1. The van der Waals surface area contributed by atoms with Gasteiger partial charge < -0.3 is 15.0 Å². The summed E-state index contributed by atoms with van der Waals surface area (Å²) in [6.07, 6.45) is 2.61. The molecule has 1 heterocycles. The highest BCUT2D eigenvalue weighted by atomic mass is 16.6. The summed E-state index contributed by atoms with van der Waals surface area (Å²) < 4.78 is 4.85. The second kappa shape index (κ2) is 5.26. The van der Waals surface area contributed by atoms with Gasteiger partial charge in [-0.15, -0.1) is 0 Å². The average Bonchev–Trinajstić information content (AvgIpc) is 2.63. The highest BCUT2D eigenvalue weighted by Gasteiger charge is 2.26. The van der Waals surface area contributed by atoms with E-state index in [0.29, 0.717) is 19.5 Å². The van der Waals surface area contributed by atoms with E-state index in [1.807, 2.05) is 0 Å². The van der Waals surface area contributed by atoms with Gasteiger partial charge in [0.25, 0.3) is 0 Å². The lowest BCUT2D eigenvalue weighted by molar-refractivity contribution is -0.110. The zero-order valence-electron chi connectivity index (χ0n) is 7.94. The van der Waals surface area contributed by atoms with Gasteiger partial charge in [0.2, 0.25) is 6.41 Å². The van der Waals surface area contributed by atoms with Gasteiger partial charge in [-0.05, 0) is 6.42 Å². The van der Waals surface area contributed by atoms with E-state index >= 15 is 0 Å². The molecule has 1 aliphatic rings. The molecule has 1 saturated heterocycles. The third-order valence-corrected chi connectivity index (χ3v) is 2.07. The number of likely N-dealkylation sites (tertiary alicyclic amines) is 1. The van der Waals surface area contributed by atoms with E-state index in [4.69, 9.17) is 4.74 Å². The molecule has 0 bridgehead atoms. The molecule has 0 saturated carbocycles. The van der Waals surface area contributed by atoms with Crippen molar-refractivity contribution in [3.8, 4) is 0 Å². The van der Waals surface area contributed by atoms with E-state index < -0.39 is 0 Å².